The van der Waals surface area contributed by atoms with Gasteiger partial charge in [-0.2, -0.15) is 0 Å². The van der Waals surface area contributed by atoms with Gasteiger partial charge in [-0.15, -0.1) is 0 Å². The molecule has 0 saturated heterocycles. The molecule has 1 atom stereocenters. The quantitative estimate of drug-likeness (QED) is 0.328. The number of ketones is 1. The minimum Gasteiger partial charge on any atom is -0.559 e. The molecule has 18 heavy (non-hydrogen) atoms. The van der Waals surface area contributed by atoms with E-state index in [0.717, 1.165) is 0 Å². The maximum Gasteiger partial charge on any atom is 0.589 e. The largest absolute Gasteiger partial charge is 0.589 e. The van der Waals surface area contributed by atoms with E-state index in [4.69, 9.17) is 9.84 Å². The number of non-ortho nitro benzene ring substituents is 1. The lowest BCUT2D eigenvalue weighted by Crippen LogP contribution is -2.36. The number of ether oxygens (including phenoxy) is 1. The molecule has 7 nitrogen and oxygen atoms in total. The van der Waals surface area contributed by atoms with Crippen molar-refractivity contribution in [3.63, 3.8) is 0 Å². The maximum atomic E-state index is 11.3. The van der Waals surface area contributed by atoms with E-state index >= 15 is 0 Å². The van der Waals surface area contributed by atoms with Gasteiger partial charge in [0.15, 0.2) is 6.10 Å². The van der Waals surface area contributed by atoms with Crippen LogP contribution in [0.3, 0.4) is 0 Å². The first-order valence-corrected chi connectivity index (χ1v) is 5.23. The highest BCUT2D eigenvalue weighted by Gasteiger charge is 2.35. The van der Waals surface area contributed by atoms with E-state index in [1.54, 1.807) is 0 Å². The highest BCUT2D eigenvalue weighted by atomic mass is 16.6. The summed E-state index contributed by atoms with van der Waals surface area (Å²) < 4.78 is 5.28. The normalized spacial score (nSPS) is 17.4. The molecule has 0 radical (unpaired) electrons. The number of nitro benzene ring substituents is 1. The van der Waals surface area contributed by atoms with E-state index in [1.165, 1.54) is 18.2 Å². The SMILES string of the molecule is O=C([OH2+])C(=O)C1CCc2cc([N+](=O)[O-])ccc2O1. The Morgan fingerprint density at radius 1 is 1.44 bits per heavy atom. The number of fused-ring (bicyclic) bond motifs is 1. The van der Waals surface area contributed by atoms with Gasteiger partial charge in [-0.25, -0.2) is 0 Å². The van der Waals surface area contributed by atoms with Crippen molar-refractivity contribution in [1.82, 2.24) is 0 Å². The molecule has 0 amide bonds. The van der Waals surface area contributed by atoms with Crippen molar-refractivity contribution in [3.8, 4) is 5.75 Å². The van der Waals surface area contributed by atoms with Gasteiger partial charge in [0.25, 0.3) is 5.69 Å². The fourth-order valence-electron chi connectivity index (χ4n) is 1.82. The lowest BCUT2D eigenvalue weighted by molar-refractivity contribution is -0.385. The Bertz CT molecular complexity index is 538. The average molecular weight is 252 g/mol. The first-order chi connectivity index (χ1) is 8.49. The fraction of sp³-hybridized carbons (Fsp3) is 0.273. The second kappa shape index (κ2) is 4.44. The van der Waals surface area contributed by atoms with Gasteiger partial charge >= 0.3 is 11.8 Å². The van der Waals surface area contributed by atoms with Crippen LogP contribution >= 0.6 is 0 Å². The Morgan fingerprint density at radius 2 is 2.17 bits per heavy atom. The van der Waals surface area contributed by atoms with Crippen LogP contribution in [0.2, 0.25) is 0 Å². The van der Waals surface area contributed by atoms with Gasteiger partial charge in [-0.1, -0.05) is 0 Å². The summed E-state index contributed by atoms with van der Waals surface area (Å²) in [5, 5.41) is 17.3. The second-order valence-corrected chi connectivity index (χ2v) is 3.89. The number of carbonyl (C=O) groups excluding carboxylic acids is 2. The molecular weight excluding hydrogens is 242 g/mol. The smallest absolute Gasteiger partial charge is 0.559 e. The Balaban J connectivity index is 2.23. The number of nitro groups is 1. The van der Waals surface area contributed by atoms with Gasteiger partial charge in [0, 0.05) is 17.7 Å². The summed E-state index contributed by atoms with van der Waals surface area (Å²) in [6, 6.07) is 4.06. The highest BCUT2D eigenvalue weighted by Crippen LogP contribution is 2.30. The maximum absolute atomic E-state index is 11.3. The standard InChI is InChI=1S/C11H9NO6/c13-10(11(14)15)9-3-1-6-5-7(12(16)17)2-4-8(6)18-9/h2,4-5,9H,1,3H2,(H,14,15)/p+1. The molecule has 2 rings (SSSR count). The predicted molar refractivity (Wildman–Crippen MR) is 59.5 cm³/mol. The molecule has 7 heteroatoms. The van der Waals surface area contributed by atoms with Crippen LogP contribution in [-0.4, -0.2) is 27.9 Å². The highest BCUT2D eigenvalue weighted by molar-refractivity contribution is 6.34. The zero-order valence-electron chi connectivity index (χ0n) is 9.21. The van der Waals surface area contributed by atoms with Crippen molar-refractivity contribution in [2.45, 2.75) is 18.9 Å². The van der Waals surface area contributed by atoms with Gasteiger partial charge in [0.2, 0.25) is 0 Å². The molecule has 0 bridgehead atoms. The molecule has 1 aromatic carbocycles. The van der Waals surface area contributed by atoms with E-state index in [0.29, 0.717) is 17.7 Å². The van der Waals surface area contributed by atoms with E-state index in [-0.39, 0.29) is 12.1 Å². The van der Waals surface area contributed by atoms with Gasteiger partial charge in [-0.05, 0) is 18.9 Å². The molecule has 0 fully saturated rings. The van der Waals surface area contributed by atoms with Crippen molar-refractivity contribution >= 4 is 17.4 Å². The lowest BCUT2D eigenvalue weighted by Gasteiger charge is -2.22. The Labute approximate surface area is 101 Å². The summed E-state index contributed by atoms with van der Waals surface area (Å²) in [5.41, 5.74) is 0.587. The van der Waals surface area contributed by atoms with Crippen LogP contribution in [0.15, 0.2) is 18.2 Å². The summed E-state index contributed by atoms with van der Waals surface area (Å²) in [7, 11) is 0. The number of rotatable bonds is 3. The monoisotopic (exact) mass is 252 g/mol. The molecular formula is C11H10NO6+. The lowest BCUT2D eigenvalue weighted by atomic mass is 9.99. The van der Waals surface area contributed by atoms with Crippen molar-refractivity contribution in [3.05, 3.63) is 33.9 Å². The summed E-state index contributed by atoms with van der Waals surface area (Å²) in [6.07, 6.45) is -0.304. The van der Waals surface area contributed by atoms with Crippen LogP contribution in [0.1, 0.15) is 12.0 Å². The minimum atomic E-state index is -1.29. The van der Waals surface area contributed by atoms with Gasteiger partial charge < -0.3 is 9.84 Å². The van der Waals surface area contributed by atoms with Crippen LogP contribution in [0.25, 0.3) is 0 Å². The number of aryl methyl sites for hydroxylation is 1. The molecule has 1 aromatic rings. The number of benzene rings is 1. The summed E-state index contributed by atoms with van der Waals surface area (Å²) in [6.45, 7) is 0. The molecule has 1 heterocycles. The van der Waals surface area contributed by atoms with Crippen LogP contribution in [0, 0.1) is 10.1 Å². The second-order valence-electron chi connectivity index (χ2n) is 3.89. The summed E-state index contributed by atoms with van der Waals surface area (Å²) in [4.78, 5) is 32.0. The van der Waals surface area contributed by atoms with Crippen LogP contribution in [0.5, 0.6) is 5.75 Å². The first-order valence-electron chi connectivity index (χ1n) is 5.23. The Morgan fingerprint density at radius 3 is 2.78 bits per heavy atom. The predicted octanol–water partition coefficient (Wildman–Crippen LogP) is 0.109. The zero-order chi connectivity index (χ0) is 13.3. The average Bonchev–Trinajstić information content (AvgIpc) is 2.36. The van der Waals surface area contributed by atoms with E-state index in [1.807, 2.05) is 0 Å². The molecule has 1 unspecified atom stereocenters. The van der Waals surface area contributed by atoms with Crippen molar-refractivity contribution in [2.75, 3.05) is 0 Å². The molecule has 0 aliphatic carbocycles. The van der Waals surface area contributed by atoms with E-state index in [9.17, 15) is 19.7 Å². The first kappa shape index (κ1) is 12.0. The minimum absolute atomic E-state index is 0.0429. The molecule has 0 spiro atoms. The molecule has 94 valence electrons. The van der Waals surface area contributed by atoms with Crippen molar-refractivity contribution in [2.24, 2.45) is 0 Å². The number of Topliss-reactive ketones (excluding diaryl/α,β-unsaturated/α-hetero) is 1. The Hall–Kier alpha value is -2.44. The summed E-state index contributed by atoms with van der Waals surface area (Å²) >= 11 is 0. The number of nitrogens with zero attached hydrogens (tertiary/aromatic N) is 1. The number of carbonyl (C=O) groups is 2. The van der Waals surface area contributed by atoms with Crippen LogP contribution in [0.4, 0.5) is 5.69 Å². The third-order valence-corrected chi connectivity index (χ3v) is 2.72. The molecule has 0 saturated carbocycles. The third-order valence-electron chi connectivity index (χ3n) is 2.72. The zero-order valence-corrected chi connectivity index (χ0v) is 9.21. The molecule has 1 aliphatic heterocycles. The van der Waals surface area contributed by atoms with Gasteiger partial charge in [-0.3, -0.25) is 14.9 Å². The molecule has 0 aromatic heterocycles. The Kier molecular flexibility index (Phi) is 2.97. The van der Waals surface area contributed by atoms with E-state index < -0.39 is 22.8 Å². The topological polar surface area (TPSA) is 109 Å². The van der Waals surface area contributed by atoms with Gasteiger partial charge in [0.1, 0.15) is 5.75 Å². The van der Waals surface area contributed by atoms with Gasteiger partial charge in [0.05, 0.1) is 9.72 Å². The summed E-state index contributed by atoms with van der Waals surface area (Å²) in [5.74, 6) is -1.82. The number of hydrogen-bond acceptors (Lipinski definition) is 5. The van der Waals surface area contributed by atoms with Crippen molar-refractivity contribution < 1.29 is 24.4 Å². The van der Waals surface area contributed by atoms with Crippen LogP contribution in [-0.2, 0) is 16.0 Å². The van der Waals surface area contributed by atoms with Crippen molar-refractivity contribution in [1.29, 1.82) is 0 Å². The molecule has 1 aliphatic rings. The number of hydrogen-bond donors (Lipinski definition) is 0. The fourth-order valence-corrected chi connectivity index (χ4v) is 1.82. The van der Waals surface area contributed by atoms with Crippen LogP contribution < -0.4 is 4.74 Å². The molecule has 2 N–H and O–H groups in total. The van der Waals surface area contributed by atoms with E-state index in [2.05, 4.69) is 0 Å². The third kappa shape index (κ3) is 2.15.